The van der Waals surface area contributed by atoms with E-state index in [1.54, 1.807) is 289 Å². The molecule has 528 valence electrons. The molecule has 0 spiro atoms. The van der Waals surface area contributed by atoms with Crippen molar-refractivity contribution in [3.05, 3.63) is 0 Å². The fourth-order valence-corrected chi connectivity index (χ4v) is 27.5. The van der Waals surface area contributed by atoms with Gasteiger partial charge in [-0.15, -0.1) is 0 Å². The second kappa shape index (κ2) is 36.6. The lowest BCUT2D eigenvalue weighted by atomic mass is 9.58. The quantitative estimate of drug-likeness (QED) is 0.227. The molecule has 10 unspecified atom stereocenters. The summed E-state index contributed by atoms with van der Waals surface area (Å²) < 4.78 is 0. The summed E-state index contributed by atoms with van der Waals surface area (Å²) in [6, 6.07) is 0. The number of hydrogen-bond acceptors (Lipinski definition) is 0. The Bertz CT molecular complexity index is 1860. The van der Waals surface area contributed by atoms with Gasteiger partial charge in [0.15, 0.2) is 0 Å². The second-order valence-corrected chi connectivity index (χ2v) is 39.6. The highest BCUT2D eigenvalue weighted by molar-refractivity contribution is 4.97. The van der Waals surface area contributed by atoms with Crippen LogP contribution in [0.3, 0.4) is 0 Å². The van der Waals surface area contributed by atoms with Crippen molar-refractivity contribution < 1.29 is 0 Å². The molecule has 0 heterocycles. The van der Waals surface area contributed by atoms with Crippen LogP contribution in [-0.2, 0) is 0 Å². The predicted molar refractivity (Wildman–Crippen MR) is 398 cm³/mol. The van der Waals surface area contributed by atoms with Crippen LogP contribution in [0.4, 0.5) is 0 Å². The lowest BCUT2D eigenvalue weighted by Gasteiger charge is -2.48. The smallest absolute Gasteiger partial charge is 0.0298 e. The third-order valence-corrected chi connectivity index (χ3v) is 34.1. The van der Waals surface area contributed by atoms with Crippen LogP contribution in [0.25, 0.3) is 0 Å². The average Bonchev–Trinajstić information content (AvgIpc) is 1.61. The van der Waals surface area contributed by atoms with Crippen molar-refractivity contribution in [2.24, 2.45) is 142 Å². The zero-order valence-electron chi connectivity index (χ0n) is 62.2. The highest BCUT2D eigenvalue weighted by atomic mass is 14.5. The van der Waals surface area contributed by atoms with E-state index in [0.717, 1.165) is 58.7 Å². The Labute approximate surface area is 575 Å². The van der Waals surface area contributed by atoms with Crippen LogP contribution >= 0.6 is 0 Å². The Kier molecular flexibility index (Phi) is 28.0. The van der Waals surface area contributed by atoms with E-state index in [4.69, 9.17) is 0 Å². The zero-order chi connectivity index (χ0) is 62.2. The molecule has 0 aliphatic heterocycles. The van der Waals surface area contributed by atoms with Crippen molar-refractivity contribution >= 4 is 0 Å². The first-order chi connectivity index (χ1) is 45.5. The SMILES string of the molecule is C1CC2CCCC2C1.C1CCC2C(C1)CCC1CCCCC12.C1CCC2CC3CCCCC3CC2C1.C1CCC2CCCCC2CC1.C1CC[C@H]2CCC[C@H]2C1.C1CC[C@H]2C[C@H]2C1.C1C[C@@H]2CC[C@@H]2C1.C1C[C@@H]2C[C@@H]2C1.C1C[C@H]2C[C@@H]12.CC12CCCCC1CCCC2. The number of hydrogen-bond donors (Lipinski definition) is 0. The molecule has 0 aromatic heterocycles. The van der Waals surface area contributed by atoms with Gasteiger partial charge in [0.2, 0.25) is 0 Å². The van der Waals surface area contributed by atoms with Crippen molar-refractivity contribution in [2.45, 2.75) is 437 Å². The van der Waals surface area contributed by atoms with Gasteiger partial charge >= 0.3 is 0 Å². The number of rotatable bonds is 0. The van der Waals surface area contributed by atoms with Crippen LogP contribution in [0, 0.1) is 142 Å². The second-order valence-electron chi connectivity index (χ2n) is 39.6. The maximum Gasteiger partial charge on any atom is -0.0298 e. The van der Waals surface area contributed by atoms with E-state index in [9.17, 15) is 0 Å². The van der Waals surface area contributed by atoms with E-state index in [1.807, 2.05) is 0 Å². The van der Waals surface area contributed by atoms with Gasteiger partial charge in [-0.3, -0.25) is 0 Å². The van der Waals surface area contributed by atoms with Crippen LogP contribution in [0.1, 0.15) is 437 Å². The number of fused-ring (bicyclic) bond motifs is 13. The van der Waals surface area contributed by atoms with Gasteiger partial charge in [0.05, 0.1) is 0 Å². The summed E-state index contributed by atoms with van der Waals surface area (Å²) >= 11 is 0. The van der Waals surface area contributed by atoms with Crippen LogP contribution in [-0.4, -0.2) is 0 Å². The van der Waals surface area contributed by atoms with Gasteiger partial charge in [0.25, 0.3) is 0 Å². The van der Waals surface area contributed by atoms with Gasteiger partial charge in [-0.2, -0.15) is 0 Å². The molecule has 22 saturated carbocycles. The van der Waals surface area contributed by atoms with Crippen LogP contribution < -0.4 is 0 Å². The lowest BCUT2D eigenvalue weighted by molar-refractivity contribution is 0.0278. The summed E-state index contributed by atoms with van der Waals surface area (Å²) in [4.78, 5) is 0. The van der Waals surface area contributed by atoms with Crippen molar-refractivity contribution in [3.8, 4) is 0 Å². The molecular weight excluding hydrogens is 1110 g/mol. The Balaban J connectivity index is 0.0000000945. The van der Waals surface area contributed by atoms with Gasteiger partial charge in [-0.1, -0.05) is 328 Å². The third kappa shape index (κ3) is 20.6. The standard InChI is InChI=1S/2C14H24.2C11H20.C9H16.C8H14.2C7H12.C6H10.C5H8/c1-3-7-13-11(5-1)9-10-12-6-2-4-8-14(12)13;1-2-6-12-10-14-8-4-3-7-13(14)9-11(12)5-1;1-11-8-4-2-6-10(11)7-3-5-9-11;1-2-6-10-8-4-5-9-11(10)7-3-1;1-2-5-9-7-3-6-8(9)4-1;1-3-7-5-2-6-8(7)4-1;1-2-6-4-5-7(6)3-1;1-2-4-7-5-6(7)3-1;1-2-5-4-6(5)3-1;1-2-5-3-4(1)5/h2*11-14H,1-10H2;10H,2-9H2,1H3;10-11H,1-9H2;8-9H,1-7H2;7-8H,1-6H2;2*6-7H,1-5H2;5-6H,1-4H2;4-5H,1-3H2/t;;;;8-,9+;;2*6-,7+;5-,6+;4-,5+. The van der Waals surface area contributed by atoms with Gasteiger partial charge in [0, 0.05) is 0 Å². The highest BCUT2D eigenvalue weighted by Gasteiger charge is 2.46. The van der Waals surface area contributed by atoms with Crippen molar-refractivity contribution in [1.82, 2.24) is 0 Å². The minimum absolute atomic E-state index is 0.774. The Morgan fingerprint density at radius 1 is 0.141 bits per heavy atom. The monoisotopic (exact) mass is 1270 g/mol. The molecule has 22 aliphatic rings. The van der Waals surface area contributed by atoms with E-state index in [1.165, 1.54) is 224 Å². The maximum absolute atomic E-state index is 2.54. The molecule has 0 bridgehead atoms. The average molecular weight is 1270 g/mol. The summed E-state index contributed by atoms with van der Waals surface area (Å²) in [5, 5.41) is 0. The molecule has 0 radical (unpaired) electrons. The van der Waals surface area contributed by atoms with E-state index >= 15 is 0 Å². The fraction of sp³-hybridized carbons (Fsp3) is 1.00. The Morgan fingerprint density at radius 2 is 0.315 bits per heavy atom. The topological polar surface area (TPSA) is 0 Å². The van der Waals surface area contributed by atoms with Crippen LogP contribution in [0.2, 0.25) is 0 Å². The van der Waals surface area contributed by atoms with E-state index in [2.05, 4.69) is 6.92 Å². The van der Waals surface area contributed by atoms with Crippen molar-refractivity contribution in [3.63, 3.8) is 0 Å². The van der Waals surface area contributed by atoms with E-state index < -0.39 is 0 Å². The molecule has 0 aromatic carbocycles. The van der Waals surface area contributed by atoms with Gasteiger partial charge in [-0.25, -0.2) is 0 Å². The van der Waals surface area contributed by atoms with Gasteiger partial charge in [-0.05, 0) is 251 Å². The normalized spacial score (nSPS) is 46.6. The molecule has 0 saturated heterocycles. The largest absolute Gasteiger partial charge is 0.0594 e. The summed E-state index contributed by atoms with van der Waals surface area (Å²) in [7, 11) is 0. The Morgan fingerprint density at radius 3 is 0.565 bits per heavy atom. The molecule has 0 heteroatoms. The predicted octanol–water partition coefficient (Wildman–Crippen LogP) is 29.5. The summed E-state index contributed by atoms with van der Waals surface area (Å²) in [5.74, 6) is 27.0. The molecule has 0 aromatic rings. The molecule has 20 atom stereocenters. The summed E-state index contributed by atoms with van der Waals surface area (Å²) in [6.45, 7) is 2.54. The summed E-state index contributed by atoms with van der Waals surface area (Å²) in [5.41, 5.74) is 0.774. The molecule has 92 heavy (non-hydrogen) atoms. The first-order valence-corrected chi connectivity index (χ1v) is 45.5. The minimum atomic E-state index is 0.774. The van der Waals surface area contributed by atoms with Crippen LogP contribution in [0.5, 0.6) is 0 Å². The van der Waals surface area contributed by atoms with Crippen LogP contribution in [0.15, 0.2) is 0 Å². The summed E-state index contributed by atoms with van der Waals surface area (Å²) in [6.07, 6.45) is 104. The first-order valence-electron chi connectivity index (χ1n) is 45.5. The molecular formula is C92H160. The van der Waals surface area contributed by atoms with Crippen molar-refractivity contribution in [1.29, 1.82) is 0 Å². The lowest BCUT2D eigenvalue weighted by Crippen LogP contribution is -2.38. The molecule has 0 N–H and O–H groups in total. The van der Waals surface area contributed by atoms with E-state index in [0.29, 0.717) is 0 Å². The molecule has 22 rings (SSSR count). The van der Waals surface area contributed by atoms with Gasteiger partial charge < -0.3 is 0 Å². The highest BCUT2D eigenvalue weighted by Crippen LogP contribution is 2.57. The first kappa shape index (κ1) is 70.4. The van der Waals surface area contributed by atoms with E-state index in [-0.39, 0.29) is 0 Å². The van der Waals surface area contributed by atoms with Crippen molar-refractivity contribution in [2.75, 3.05) is 0 Å². The third-order valence-electron chi connectivity index (χ3n) is 34.1. The maximum atomic E-state index is 2.54. The Hall–Kier alpha value is 0. The zero-order valence-corrected chi connectivity index (χ0v) is 62.2. The molecule has 0 amide bonds. The molecule has 22 fully saturated rings. The fourth-order valence-electron chi connectivity index (χ4n) is 27.5. The minimum Gasteiger partial charge on any atom is -0.0594 e. The van der Waals surface area contributed by atoms with Gasteiger partial charge in [0.1, 0.15) is 0 Å². The molecule has 22 aliphatic carbocycles. The molecule has 0 nitrogen and oxygen atoms in total.